The van der Waals surface area contributed by atoms with Crippen LogP contribution in [0, 0.1) is 5.92 Å². The summed E-state index contributed by atoms with van der Waals surface area (Å²) in [4.78, 5) is 18.8. The number of rotatable bonds is 4. The second-order valence-electron chi connectivity index (χ2n) is 4.90. The van der Waals surface area contributed by atoms with Gasteiger partial charge in [0, 0.05) is 6.42 Å². The first kappa shape index (κ1) is 12.7. The maximum absolute atomic E-state index is 11.8. The highest BCUT2D eigenvalue weighted by Gasteiger charge is 2.12. The number of nitrogens with two attached hydrogens (primary N) is 1. The van der Waals surface area contributed by atoms with E-state index in [0.717, 1.165) is 12.8 Å². The van der Waals surface area contributed by atoms with Crippen LogP contribution in [0.25, 0.3) is 0 Å². The lowest BCUT2D eigenvalue weighted by Gasteiger charge is -2.10. The molecule has 0 spiro atoms. The lowest BCUT2D eigenvalue weighted by atomic mass is 10.1. The number of anilines is 1. The molecular weight excluding hydrogens is 202 g/mol. The van der Waals surface area contributed by atoms with Crippen molar-refractivity contribution in [2.24, 2.45) is 5.92 Å². The molecule has 4 heteroatoms. The molecule has 1 aromatic heterocycles. The summed E-state index contributed by atoms with van der Waals surface area (Å²) in [7, 11) is 0. The fraction of sp³-hybridized carbons (Fsp3) is 0.667. The van der Waals surface area contributed by atoms with Crippen molar-refractivity contribution in [1.29, 1.82) is 0 Å². The van der Waals surface area contributed by atoms with Crippen LogP contribution in [0.15, 0.2) is 4.79 Å². The molecule has 0 radical (unpaired) electrons. The van der Waals surface area contributed by atoms with Gasteiger partial charge in [-0.2, -0.15) is 0 Å². The molecule has 0 aliphatic heterocycles. The van der Waals surface area contributed by atoms with Crippen molar-refractivity contribution in [3.63, 3.8) is 0 Å². The summed E-state index contributed by atoms with van der Waals surface area (Å²) >= 11 is 0. The van der Waals surface area contributed by atoms with Crippen LogP contribution in [0.2, 0.25) is 0 Å². The minimum atomic E-state index is -0.0961. The number of nitrogens with one attached hydrogen (secondary N) is 1. The SMILES string of the molecule is CC(C)CCc1nc(N)c(C(C)C)c(=O)[nH]1. The first-order valence-corrected chi connectivity index (χ1v) is 5.80. The maximum atomic E-state index is 11.8. The molecule has 0 bridgehead atoms. The van der Waals surface area contributed by atoms with Gasteiger partial charge in [0.05, 0.1) is 5.56 Å². The summed E-state index contributed by atoms with van der Waals surface area (Å²) in [5.74, 6) is 1.77. The van der Waals surface area contributed by atoms with Gasteiger partial charge >= 0.3 is 0 Å². The van der Waals surface area contributed by atoms with Crippen molar-refractivity contribution in [3.05, 3.63) is 21.7 Å². The van der Waals surface area contributed by atoms with Gasteiger partial charge < -0.3 is 10.7 Å². The van der Waals surface area contributed by atoms with Crippen LogP contribution in [-0.2, 0) is 6.42 Å². The molecule has 1 rings (SSSR count). The zero-order valence-corrected chi connectivity index (χ0v) is 10.5. The van der Waals surface area contributed by atoms with E-state index in [1.165, 1.54) is 0 Å². The Kier molecular flexibility index (Phi) is 4.10. The molecule has 0 saturated carbocycles. The third-order valence-electron chi connectivity index (χ3n) is 2.57. The molecule has 0 aliphatic carbocycles. The van der Waals surface area contributed by atoms with Gasteiger partial charge in [0.1, 0.15) is 11.6 Å². The minimum Gasteiger partial charge on any atom is -0.383 e. The molecule has 0 aliphatic rings. The number of nitrogens with zero attached hydrogens (tertiary/aromatic N) is 1. The van der Waals surface area contributed by atoms with Gasteiger partial charge in [0.15, 0.2) is 0 Å². The summed E-state index contributed by atoms with van der Waals surface area (Å²) in [6.07, 6.45) is 1.78. The van der Waals surface area contributed by atoms with Crippen molar-refractivity contribution in [2.45, 2.75) is 46.5 Å². The molecule has 3 N–H and O–H groups in total. The Hall–Kier alpha value is -1.32. The summed E-state index contributed by atoms with van der Waals surface area (Å²) in [5.41, 5.74) is 6.29. The number of aromatic amines is 1. The monoisotopic (exact) mass is 223 g/mol. The Morgan fingerprint density at radius 2 is 1.94 bits per heavy atom. The number of aryl methyl sites for hydroxylation is 1. The van der Waals surface area contributed by atoms with Gasteiger partial charge in [-0.1, -0.05) is 27.7 Å². The van der Waals surface area contributed by atoms with E-state index in [0.29, 0.717) is 23.1 Å². The Balaban J connectivity index is 2.96. The van der Waals surface area contributed by atoms with Crippen LogP contribution in [0.5, 0.6) is 0 Å². The van der Waals surface area contributed by atoms with E-state index in [2.05, 4.69) is 23.8 Å². The van der Waals surface area contributed by atoms with Crippen LogP contribution in [0.1, 0.15) is 51.4 Å². The predicted molar refractivity (Wildman–Crippen MR) is 66.5 cm³/mol. The van der Waals surface area contributed by atoms with E-state index in [-0.39, 0.29) is 11.5 Å². The molecule has 0 fully saturated rings. The zero-order chi connectivity index (χ0) is 12.3. The third kappa shape index (κ3) is 3.08. The van der Waals surface area contributed by atoms with Crippen molar-refractivity contribution < 1.29 is 0 Å². The van der Waals surface area contributed by atoms with Gasteiger partial charge in [-0.3, -0.25) is 4.79 Å². The number of H-pyrrole nitrogens is 1. The van der Waals surface area contributed by atoms with E-state index < -0.39 is 0 Å². The van der Waals surface area contributed by atoms with Crippen molar-refractivity contribution in [2.75, 3.05) is 5.73 Å². The van der Waals surface area contributed by atoms with E-state index in [9.17, 15) is 4.79 Å². The van der Waals surface area contributed by atoms with E-state index >= 15 is 0 Å². The molecule has 1 aromatic rings. The van der Waals surface area contributed by atoms with Gasteiger partial charge in [-0.15, -0.1) is 0 Å². The molecule has 16 heavy (non-hydrogen) atoms. The first-order chi connectivity index (χ1) is 7.41. The van der Waals surface area contributed by atoms with Gasteiger partial charge in [-0.05, 0) is 18.3 Å². The Labute approximate surface area is 96.3 Å². The average Bonchev–Trinajstić information content (AvgIpc) is 2.12. The number of aromatic nitrogens is 2. The number of nitrogen functional groups attached to an aromatic ring is 1. The first-order valence-electron chi connectivity index (χ1n) is 5.80. The highest BCUT2D eigenvalue weighted by molar-refractivity contribution is 5.39. The smallest absolute Gasteiger partial charge is 0.256 e. The normalized spacial score (nSPS) is 11.4. The lowest BCUT2D eigenvalue weighted by Crippen LogP contribution is -2.21. The molecule has 4 nitrogen and oxygen atoms in total. The number of hydrogen-bond acceptors (Lipinski definition) is 3. The fourth-order valence-electron chi connectivity index (χ4n) is 1.65. The molecule has 1 heterocycles. The number of hydrogen-bond donors (Lipinski definition) is 2. The fourth-order valence-corrected chi connectivity index (χ4v) is 1.65. The van der Waals surface area contributed by atoms with Crippen molar-refractivity contribution in [1.82, 2.24) is 9.97 Å². The molecule has 0 atom stereocenters. The van der Waals surface area contributed by atoms with Crippen LogP contribution in [0.3, 0.4) is 0 Å². The lowest BCUT2D eigenvalue weighted by molar-refractivity contribution is 0.573. The van der Waals surface area contributed by atoms with E-state index in [4.69, 9.17) is 5.73 Å². The molecule has 0 saturated heterocycles. The van der Waals surface area contributed by atoms with Gasteiger partial charge in [0.2, 0.25) is 0 Å². The second-order valence-corrected chi connectivity index (χ2v) is 4.90. The topological polar surface area (TPSA) is 71.8 Å². The van der Waals surface area contributed by atoms with Crippen LogP contribution < -0.4 is 11.3 Å². The van der Waals surface area contributed by atoms with Gasteiger partial charge in [-0.25, -0.2) is 4.98 Å². The Morgan fingerprint density at radius 3 is 2.38 bits per heavy atom. The van der Waals surface area contributed by atoms with Crippen LogP contribution in [-0.4, -0.2) is 9.97 Å². The largest absolute Gasteiger partial charge is 0.383 e. The van der Waals surface area contributed by atoms with Crippen molar-refractivity contribution >= 4 is 5.82 Å². The molecule has 0 amide bonds. The Morgan fingerprint density at radius 1 is 1.31 bits per heavy atom. The molecule has 0 aromatic carbocycles. The summed E-state index contributed by atoms with van der Waals surface area (Å²) in [5, 5.41) is 0. The van der Waals surface area contributed by atoms with Crippen LogP contribution >= 0.6 is 0 Å². The van der Waals surface area contributed by atoms with Crippen LogP contribution in [0.4, 0.5) is 5.82 Å². The zero-order valence-electron chi connectivity index (χ0n) is 10.5. The van der Waals surface area contributed by atoms with Crippen molar-refractivity contribution in [3.8, 4) is 0 Å². The predicted octanol–water partition coefficient (Wildman–Crippen LogP) is 2.06. The van der Waals surface area contributed by atoms with E-state index in [1.54, 1.807) is 0 Å². The second kappa shape index (κ2) is 5.14. The summed E-state index contributed by atoms with van der Waals surface area (Å²) in [6.45, 7) is 8.17. The minimum absolute atomic E-state index is 0.0961. The standard InChI is InChI=1S/C12H21N3O/c1-7(2)5-6-9-14-11(13)10(8(3)4)12(16)15-9/h7-8H,5-6H2,1-4H3,(H3,13,14,15,16). The maximum Gasteiger partial charge on any atom is 0.256 e. The third-order valence-corrected chi connectivity index (χ3v) is 2.57. The quantitative estimate of drug-likeness (QED) is 0.820. The summed E-state index contributed by atoms with van der Waals surface area (Å²) < 4.78 is 0. The highest BCUT2D eigenvalue weighted by atomic mass is 16.1. The average molecular weight is 223 g/mol. The summed E-state index contributed by atoms with van der Waals surface area (Å²) in [6, 6.07) is 0. The molecule has 0 unspecified atom stereocenters. The molecule has 90 valence electrons. The van der Waals surface area contributed by atoms with E-state index in [1.807, 2.05) is 13.8 Å². The molecular formula is C12H21N3O. The Bertz CT molecular complexity index is 407. The van der Waals surface area contributed by atoms with Gasteiger partial charge in [0.25, 0.3) is 5.56 Å². The highest BCUT2D eigenvalue weighted by Crippen LogP contribution is 2.15.